The molecule has 0 aliphatic carbocycles. The van der Waals surface area contributed by atoms with Crippen LogP contribution in [0.4, 0.5) is 0 Å². The van der Waals surface area contributed by atoms with Gasteiger partial charge in [-0.3, -0.25) is 19.4 Å². The molecule has 21 heavy (non-hydrogen) atoms. The van der Waals surface area contributed by atoms with Crippen molar-refractivity contribution in [3.8, 4) is 5.88 Å². The largest absolute Gasteiger partial charge is 0.494 e. The molecule has 1 aliphatic rings. The van der Waals surface area contributed by atoms with E-state index < -0.39 is 5.56 Å². The Kier molecular flexibility index (Phi) is 5.17. The number of H-pyrrole nitrogens is 1. The molecule has 2 heterocycles. The molecule has 2 N–H and O–H groups in total. The van der Waals surface area contributed by atoms with Crippen LogP contribution < -0.4 is 5.56 Å². The summed E-state index contributed by atoms with van der Waals surface area (Å²) in [5.74, 6) is -0.112. The van der Waals surface area contributed by atoms with Crippen LogP contribution in [0, 0.1) is 4.77 Å². The number of piperidine rings is 1. The molecule has 0 spiro atoms. The summed E-state index contributed by atoms with van der Waals surface area (Å²) in [5.41, 5.74) is -0.243. The lowest BCUT2D eigenvalue weighted by Gasteiger charge is -2.23. The van der Waals surface area contributed by atoms with Crippen molar-refractivity contribution in [2.45, 2.75) is 45.6 Å². The van der Waals surface area contributed by atoms with Gasteiger partial charge in [-0.05, 0) is 44.8 Å². The average molecular weight is 310 g/mol. The van der Waals surface area contributed by atoms with Crippen LogP contribution in [0.25, 0.3) is 0 Å². The van der Waals surface area contributed by atoms with E-state index in [1.165, 1.54) is 12.6 Å². The van der Waals surface area contributed by atoms with Crippen LogP contribution in [-0.4, -0.2) is 39.0 Å². The van der Waals surface area contributed by atoms with Crippen molar-refractivity contribution >= 4 is 18.4 Å². The Hall–Kier alpha value is -1.63. The summed E-state index contributed by atoms with van der Waals surface area (Å²) in [5, 5.41) is 16.6. The quantitative estimate of drug-likeness (QED) is 0.661. The molecule has 2 rings (SSSR count). The minimum atomic E-state index is -0.405. The van der Waals surface area contributed by atoms with E-state index in [-0.39, 0.29) is 22.3 Å². The fourth-order valence-corrected chi connectivity index (χ4v) is 2.75. The summed E-state index contributed by atoms with van der Waals surface area (Å²) in [4.78, 5) is 14.6. The number of aromatic amines is 1. The van der Waals surface area contributed by atoms with Gasteiger partial charge < -0.3 is 5.11 Å². The second-order valence-corrected chi connectivity index (χ2v) is 5.77. The van der Waals surface area contributed by atoms with Crippen molar-refractivity contribution in [1.82, 2.24) is 14.6 Å². The van der Waals surface area contributed by atoms with E-state index in [4.69, 9.17) is 12.2 Å². The summed E-state index contributed by atoms with van der Waals surface area (Å²) >= 11 is 5.13. The van der Waals surface area contributed by atoms with Crippen LogP contribution >= 0.6 is 12.2 Å². The zero-order valence-corrected chi connectivity index (χ0v) is 13.3. The predicted octanol–water partition coefficient (Wildman–Crippen LogP) is 2.40. The average Bonchev–Trinajstić information content (AvgIpc) is 2.47. The Labute approximate surface area is 129 Å². The maximum absolute atomic E-state index is 12.0. The van der Waals surface area contributed by atoms with Crippen LogP contribution in [0.1, 0.15) is 51.1 Å². The van der Waals surface area contributed by atoms with Crippen molar-refractivity contribution in [2.75, 3.05) is 13.1 Å². The summed E-state index contributed by atoms with van der Waals surface area (Å²) in [6.07, 6.45) is 5.68. The van der Waals surface area contributed by atoms with E-state index in [0.29, 0.717) is 0 Å². The third-order valence-corrected chi connectivity index (χ3v) is 4.17. The molecule has 1 aromatic rings. The normalized spacial score (nSPS) is 17.3. The Morgan fingerprint density at radius 3 is 2.71 bits per heavy atom. The molecule has 0 bridgehead atoms. The number of hydrazone groups is 1. The Balaban J connectivity index is 2.36. The fraction of sp³-hybridized carbons (Fsp3) is 0.643. The maximum Gasteiger partial charge on any atom is 0.264 e. The molecule has 116 valence electrons. The Morgan fingerprint density at radius 2 is 2.10 bits per heavy atom. The van der Waals surface area contributed by atoms with E-state index in [0.717, 1.165) is 32.4 Å². The number of aromatic nitrogens is 2. The topological polar surface area (TPSA) is 73.6 Å². The molecule has 6 nitrogen and oxygen atoms in total. The zero-order chi connectivity index (χ0) is 15.4. The van der Waals surface area contributed by atoms with Crippen molar-refractivity contribution in [1.29, 1.82) is 0 Å². The van der Waals surface area contributed by atoms with Crippen molar-refractivity contribution in [2.24, 2.45) is 5.10 Å². The van der Waals surface area contributed by atoms with Gasteiger partial charge in [0.1, 0.15) is 5.56 Å². The van der Waals surface area contributed by atoms with Gasteiger partial charge in [0.25, 0.3) is 5.56 Å². The lowest BCUT2D eigenvalue weighted by Crippen LogP contribution is -2.26. The zero-order valence-electron chi connectivity index (χ0n) is 12.5. The van der Waals surface area contributed by atoms with E-state index in [9.17, 15) is 9.90 Å². The number of nitrogens with zero attached hydrogens (tertiary/aromatic N) is 3. The minimum absolute atomic E-state index is 0.0106. The number of hydrogen-bond donors (Lipinski definition) is 2. The first-order valence-corrected chi connectivity index (χ1v) is 7.82. The second-order valence-electron chi connectivity index (χ2n) is 5.38. The summed E-state index contributed by atoms with van der Waals surface area (Å²) in [6.45, 7) is 5.72. The molecular formula is C14H22N4O2S. The molecule has 1 fully saturated rings. The fourth-order valence-electron chi connectivity index (χ4n) is 2.39. The third-order valence-electron chi connectivity index (χ3n) is 3.87. The lowest BCUT2D eigenvalue weighted by molar-refractivity contribution is 0.240. The highest BCUT2D eigenvalue weighted by Gasteiger charge is 2.15. The maximum atomic E-state index is 12.0. The van der Waals surface area contributed by atoms with Gasteiger partial charge in [0.15, 0.2) is 4.77 Å². The molecule has 0 aromatic carbocycles. The first-order valence-electron chi connectivity index (χ1n) is 7.41. The van der Waals surface area contributed by atoms with Gasteiger partial charge in [-0.2, -0.15) is 5.10 Å². The first-order chi connectivity index (χ1) is 10.0. The summed E-state index contributed by atoms with van der Waals surface area (Å²) in [6, 6.07) is 0.0106. The minimum Gasteiger partial charge on any atom is -0.494 e. The summed E-state index contributed by atoms with van der Waals surface area (Å²) in [7, 11) is 0. The highest BCUT2D eigenvalue weighted by Crippen LogP contribution is 2.20. The van der Waals surface area contributed by atoms with E-state index in [1.807, 2.05) is 18.9 Å². The smallest absolute Gasteiger partial charge is 0.264 e. The number of aromatic hydroxyl groups is 1. The molecule has 1 saturated heterocycles. The van der Waals surface area contributed by atoms with E-state index in [1.54, 1.807) is 4.57 Å². The standard InChI is InChI=1S/C14H22N4O2S/c1-3-10(2)18-13(20)11(12(19)16-14(18)21)9-15-17-7-5-4-6-8-17/h9-10,20H,3-8H2,1-2H3,(H,16,19,21)/t10-/m0/s1. The van der Waals surface area contributed by atoms with Crippen LogP contribution in [0.3, 0.4) is 0 Å². The highest BCUT2D eigenvalue weighted by atomic mass is 32.1. The number of rotatable bonds is 4. The highest BCUT2D eigenvalue weighted by molar-refractivity contribution is 7.71. The number of hydrogen-bond acceptors (Lipinski definition) is 5. The van der Waals surface area contributed by atoms with Crippen molar-refractivity contribution in [3.05, 3.63) is 20.7 Å². The number of nitrogens with one attached hydrogen (secondary N) is 1. The molecule has 1 atom stereocenters. The molecule has 0 saturated carbocycles. The molecule has 1 aromatic heterocycles. The van der Waals surface area contributed by atoms with Crippen LogP contribution in [0.2, 0.25) is 0 Å². The monoisotopic (exact) mass is 310 g/mol. The Morgan fingerprint density at radius 1 is 1.43 bits per heavy atom. The van der Waals surface area contributed by atoms with Crippen LogP contribution in [0.15, 0.2) is 9.90 Å². The van der Waals surface area contributed by atoms with Gasteiger partial charge in [0.05, 0.1) is 6.21 Å². The molecule has 7 heteroatoms. The van der Waals surface area contributed by atoms with Gasteiger partial charge >= 0.3 is 0 Å². The molecular weight excluding hydrogens is 288 g/mol. The second kappa shape index (κ2) is 6.89. The van der Waals surface area contributed by atoms with Crippen molar-refractivity contribution in [3.63, 3.8) is 0 Å². The lowest BCUT2D eigenvalue weighted by atomic mass is 10.2. The predicted molar refractivity (Wildman–Crippen MR) is 85.6 cm³/mol. The molecule has 0 unspecified atom stereocenters. The van der Waals surface area contributed by atoms with E-state index >= 15 is 0 Å². The van der Waals surface area contributed by atoms with E-state index in [2.05, 4.69) is 10.1 Å². The Bertz CT molecular complexity index is 629. The van der Waals surface area contributed by atoms with Gasteiger partial charge in [0.2, 0.25) is 5.88 Å². The first kappa shape index (κ1) is 15.8. The van der Waals surface area contributed by atoms with Crippen molar-refractivity contribution < 1.29 is 5.11 Å². The van der Waals surface area contributed by atoms with Gasteiger partial charge in [-0.1, -0.05) is 6.92 Å². The van der Waals surface area contributed by atoms with Gasteiger partial charge in [-0.25, -0.2) is 0 Å². The molecule has 0 radical (unpaired) electrons. The van der Waals surface area contributed by atoms with Crippen LogP contribution in [-0.2, 0) is 0 Å². The van der Waals surface area contributed by atoms with Gasteiger partial charge in [-0.15, -0.1) is 0 Å². The molecule has 0 amide bonds. The molecule has 1 aliphatic heterocycles. The third kappa shape index (κ3) is 3.53. The van der Waals surface area contributed by atoms with Crippen LogP contribution in [0.5, 0.6) is 5.88 Å². The SMILES string of the molecule is CC[C@H](C)n1c(O)c(C=NN2CCCCC2)c(=O)[nH]c1=S. The summed E-state index contributed by atoms with van der Waals surface area (Å²) < 4.78 is 1.80. The van der Waals surface area contributed by atoms with Gasteiger partial charge in [0, 0.05) is 19.1 Å².